The zero-order valence-electron chi connectivity index (χ0n) is 10.3. The maximum absolute atomic E-state index is 13.7. The number of anilines is 1. The molecule has 1 heterocycles. The molecule has 2 rings (SSSR count). The maximum Gasteiger partial charge on any atom is 0.266 e. The van der Waals surface area contributed by atoms with Gasteiger partial charge >= 0.3 is 0 Å². The lowest BCUT2D eigenvalue weighted by Crippen LogP contribution is -2.15. The SMILES string of the molecule is Cc1ccc(O)c(NS(=O)(=O)c2ccc(Br)cc2F)n1. The van der Waals surface area contributed by atoms with Crippen molar-refractivity contribution in [2.45, 2.75) is 11.8 Å². The third-order valence-corrected chi connectivity index (χ3v) is 4.29. The second kappa shape index (κ2) is 5.37. The number of pyridine rings is 1. The Bertz CT molecular complexity index is 765. The van der Waals surface area contributed by atoms with Crippen molar-refractivity contribution in [1.82, 2.24) is 4.98 Å². The summed E-state index contributed by atoms with van der Waals surface area (Å²) in [6, 6.07) is 6.39. The zero-order chi connectivity index (χ0) is 14.9. The number of hydrogen-bond donors (Lipinski definition) is 2. The van der Waals surface area contributed by atoms with Gasteiger partial charge in [-0.3, -0.25) is 4.72 Å². The van der Waals surface area contributed by atoms with Gasteiger partial charge in [-0.2, -0.15) is 0 Å². The standard InChI is InChI=1S/C12H10BrFN2O3S/c1-7-2-4-10(17)12(15-7)16-20(18,19)11-5-3-8(13)6-9(11)14/h2-6,17H,1H3,(H,15,16). The van der Waals surface area contributed by atoms with Crippen LogP contribution in [0, 0.1) is 12.7 Å². The number of sulfonamides is 1. The molecule has 20 heavy (non-hydrogen) atoms. The van der Waals surface area contributed by atoms with Gasteiger partial charge in [0.2, 0.25) is 0 Å². The van der Waals surface area contributed by atoms with Gasteiger partial charge in [0.1, 0.15) is 10.7 Å². The van der Waals surface area contributed by atoms with Gasteiger partial charge in [0.05, 0.1) is 0 Å². The molecule has 2 N–H and O–H groups in total. The monoisotopic (exact) mass is 360 g/mol. The summed E-state index contributed by atoms with van der Waals surface area (Å²) in [5, 5.41) is 9.57. The van der Waals surface area contributed by atoms with E-state index in [-0.39, 0.29) is 11.6 Å². The Kier molecular flexibility index (Phi) is 3.96. The van der Waals surface area contributed by atoms with Crippen molar-refractivity contribution >= 4 is 31.8 Å². The summed E-state index contributed by atoms with van der Waals surface area (Å²) < 4.78 is 40.3. The van der Waals surface area contributed by atoms with Crippen LogP contribution in [0.3, 0.4) is 0 Å². The van der Waals surface area contributed by atoms with Gasteiger partial charge in [-0.25, -0.2) is 17.8 Å². The summed E-state index contributed by atoms with van der Waals surface area (Å²) >= 11 is 3.04. The summed E-state index contributed by atoms with van der Waals surface area (Å²) in [5.41, 5.74) is 0.511. The Morgan fingerprint density at radius 1 is 1.30 bits per heavy atom. The maximum atomic E-state index is 13.7. The molecule has 0 aliphatic rings. The molecule has 0 amide bonds. The van der Waals surface area contributed by atoms with Crippen LogP contribution >= 0.6 is 15.9 Å². The van der Waals surface area contributed by atoms with Gasteiger partial charge in [0.15, 0.2) is 11.6 Å². The molecule has 0 radical (unpaired) electrons. The highest BCUT2D eigenvalue weighted by Crippen LogP contribution is 2.25. The average molecular weight is 361 g/mol. The molecule has 0 unspecified atom stereocenters. The molecule has 0 saturated carbocycles. The van der Waals surface area contributed by atoms with E-state index >= 15 is 0 Å². The molecular formula is C12H10BrFN2O3S. The average Bonchev–Trinajstić information content (AvgIpc) is 2.33. The first kappa shape index (κ1) is 14.7. The molecule has 0 bridgehead atoms. The summed E-state index contributed by atoms with van der Waals surface area (Å²) in [6.45, 7) is 1.64. The van der Waals surface area contributed by atoms with E-state index in [1.807, 2.05) is 0 Å². The Morgan fingerprint density at radius 3 is 2.65 bits per heavy atom. The third-order valence-electron chi connectivity index (χ3n) is 2.43. The van der Waals surface area contributed by atoms with Crippen molar-refractivity contribution in [3.63, 3.8) is 0 Å². The predicted octanol–water partition coefficient (Wildman–Crippen LogP) is 2.80. The van der Waals surface area contributed by atoms with Crippen molar-refractivity contribution in [3.05, 3.63) is 46.3 Å². The second-order valence-electron chi connectivity index (χ2n) is 4.00. The van der Waals surface area contributed by atoms with Crippen molar-refractivity contribution in [2.75, 3.05) is 4.72 Å². The van der Waals surface area contributed by atoms with Gasteiger partial charge in [-0.1, -0.05) is 15.9 Å². The van der Waals surface area contributed by atoms with Gasteiger partial charge in [-0.05, 0) is 37.3 Å². The predicted molar refractivity (Wildman–Crippen MR) is 75.5 cm³/mol. The van der Waals surface area contributed by atoms with Crippen LogP contribution in [0.4, 0.5) is 10.2 Å². The van der Waals surface area contributed by atoms with Crippen molar-refractivity contribution in [2.24, 2.45) is 0 Å². The molecule has 0 saturated heterocycles. The first-order valence-corrected chi connectivity index (χ1v) is 7.72. The van der Waals surface area contributed by atoms with Crippen LogP contribution in [0.2, 0.25) is 0 Å². The Balaban J connectivity index is 2.43. The number of aromatic hydroxyl groups is 1. The molecule has 5 nitrogen and oxygen atoms in total. The molecule has 0 atom stereocenters. The largest absolute Gasteiger partial charge is 0.504 e. The minimum atomic E-state index is -4.17. The molecule has 106 valence electrons. The van der Waals surface area contributed by atoms with E-state index in [2.05, 4.69) is 25.6 Å². The Labute approximate surface area is 123 Å². The molecule has 0 fully saturated rings. The van der Waals surface area contributed by atoms with Crippen LogP contribution in [0.5, 0.6) is 5.75 Å². The lowest BCUT2D eigenvalue weighted by Gasteiger charge is -2.10. The fourth-order valence-corrected chi connectivity index (χ4v) is 2.91. The highest BCUT2D eigenvalue weighted by molar-refractivity contribution is 9.10. The molecule has 8 heteroatoms. The lowest BCUT2D eigenvalue weighted by atomic mass is 10.3. The number of rotatable bonds is 3. The minimum absolute atomic E-state index is 0.243. The number of benzene rings is 1. The van der Waals surface area contributed by atoms with E-state index in [0.29, 0.717) is 10.2 Å². The van der Waals surface area contributed by atoms with E-state index < -0.39 is 20.7 Å². The molecule has 1 aromatic heterocycles. The molecular weight excluding hydrogens is 351 g/mol. The smallest absolute Gasteiger partial charge is 0.266 e. The quantitative estimate of drug-likeness (QED) is 0.881. The number of aromatic nitrogens is 1. The number of halogens is 2. The van der Waals surface area contributed by atoms with Crippen LogP contribution in [0.25, 0.3) is 0 Å². The van der Waals surface area contributed by atoms with Crippen molar-refractivity contribution in [3.8, 4) is 5.75 Å². The van der Waals surface area contributed by atoms with Crippen molar-refractivity contribution in [1.29, 1.82) is 0 Å². The van der Waals surface area contributed by atoms with E-state index in [1.165, 1.54) is 18.2 Å². The summed E-state index contributed by atoms with van der Waals surface area (Å²) in [5.74, 6) is -1.48. The van der Waals surface area contributed by atoms with E-state index in [1.54, 1.807) is 6.92 Å². The third kappa shape index (κ3) is 3.07. The normalized spacial score (nSPS) is 11.3. The van der Waals surface area contributed by atoms with Crippen molar-refractivity contribution < 1.29 is 17.9 Å². The van der Waals surface area contributed by atoms with Gasteiger partial charge in [0.25, 0.3) is 10.0 Å². The van der Waals surface area contributed by atoms with Gasteiger partial charge in [-0.15, -0.1) is 0 Å². The Hall–Kier alpha value is -1.67. The van der Waals surface area contributed by atoms with Gasteiger partial charge in [0, 0.05) is 10.2 Å². The number of aryl methyl sites for hydroxylation is 1. The lowest BCUT2D eigenvalue weighted by molar-refractivity contribution is 0.475. The zero-order valence-corrected chi connectivity index (χ0v) is 12.7. The molecule has 0 spiro atoms. The molecule has 0 aliphatic carbocycles. The fraction of sp³-hybridized carbons (Fsp3) is 0.0833. The Morgan fingerprint density at radius 2 is 2.00 bits per heavy atom. The first-order valence-electron chi connectivity index (χ1n) is 5.44. The van der Waals surface area contributed by atoms with Crippen LogP contribution in [-0.4, -0.2) is 18.5 Å². The topological polar surface area (TPSA) is 79.3 Å². The second-order valence-corrected chi connectivity index (χ2v) is 6.57. The van der Waals surface area contributed by atoms with Crippen LogP contribution in [-0.2, 0) is 10.0 Å². The van der Waals surface area contributed by atoms with E-state index in [9.17, 15) is 17.9 Å². The number of nitrogens with one attached hydrogen (secondary N) is 1. The number of nitrogens with zero attached hydrogens (tertiary/aromatic N) is 1. The van der Waals surface area contributed by atoms with Gasteiger partial charge < -0.3 is 5.11 Å². The first-order chi connectivity index (χ1) is 9.29. The number of hydrogen-bond acceptors (Lipinski definition) is 4. The van der Waals surface area contributed by atoms with Crippen LogP contribution < -0.4 is 4.72 Å². The summed E-state index contributed by atoms with van der Waals surface area (Å²) in [6.07, 6.45) is 0. The van der Waals surface area contributed by atoms with E-state index in [0.717, 1.165) is 12.1 Å². The molecule has 2 aromatic rings. The summed E-state index contributed by atoms with van der Waals surface area (Å²) in [7, 11) is -4.17. The van der Waals surface area contributed by atoms with E-state index in [4.69, 9.17) is 0 Å². The molecule has 0 aliphatic heterocycles. The van der Waals surface area contributed by atoms with Crippen LogP contribution in [0.1, 0.15) is 5.69 Å². The minimum Gasteiger partial charge on any atom is -0.504 e. The highest BCUT2D eigenvalue weighted by atomic mass is 79.9. The van der Waals surface area contributed by atoms with Crippen LogP contribution in [0.15, 0.2) is 39.7 Å². The molecule has 1 aromatic carbocycles. The fourth-order valence-electron chi connectivity index (χ4n) is 1.50. The highest BCUT2D eigenvalue weighted by Gasteiger charge is 2.21. The summed E-state index contributed by atoms with van der Waals surface area (Å²) in [4.78, 5) is 3.33.